The lowest BCUT2D eigenvalue weighted by molar-refractivity contribution is -0.139. The number of carbonyl (C=O) groups is 2. The summed E-state index contributed by atoms with van der Waals surface area (Å²) in [7, 11) is 0. The summed E-state index contributed by atoms with van der Waals surface area (Å²) in [5.74, 6) is -3.52. The molecule has 3 rings (SSSR count). The standard InChI is InChI=1S/C22H20ClF4NO2/c23-15-3-1-13(2-4-15)7-17(29)8-14-11-28(12-21(26)27)22(30)10-19(14)18-6-5-16(24)9-20(18)25/h1-6,9,14,19,21H,7-8,10-12H2. The summed E-state index contributed by atoms with van der Waals surface area (Å²) in [4.78, 5) is 26.0. The maximum absolute atomic E-state index is 14.4. The van der Waals surface area contributed by atoms with Gasteiger partial charge < -0.3 is 4.90 Å². The van der Waals surface area contributed by atoms with Crippen molar-refractivity contribution in [2.45, 2.75) is 31.6 Å². The molecule has 1 fully saturated rings. The average molecular weight is 442 g/mol. The van der Waals surface area contributed by atoms with Crippen LogP contribution in [0.2, 0.25) is 5.02 Å². The van der Waals surface area contributed by atoms with E-state index in [4.69, 9.17) is 11.6 Å². The van der Waals surface area contributed by atoms with E-state index in [1.807, 2.05) is 0 Å². The zero-order valence-electron chi connectivity index (χ0n) is 16.0. The molecule has 160 valence electrons. The van der Waals surface area contributed by atoms with E-state index in [-0.39, 0.29) is 37.2 Å². The molecule has 1 aliphatic heterocycles. The molecule has 1 amide bonds. The van der Waals surface area contributed by atoms with Gasteiger partial charge in [-0.3, -0.25) is 9.59 Å². The van der Waals surface area contributed by atoms with Crippen LogP contribution in [0, 0.1) is 17.6 Å². The van der Waals surface area contributed by atoms with Gasteiger partial charge in [0.15, 0.2) is 0 Å². The lowest BCUT2D eigenvalue weighted by Gasteiger charge is -2.38. The molecule has 0 aromatic heterocycles. The maximum Gasteiger partial charge on any atom is 0.255 e. The van der Waals surface area contributed by atoms with E-state index in [0.717, 1.165) is 22.6 Å². The van der Waals surface area contributed by atoms with Crippen molar-refractivity contribution in [3.05, 3.63) is 70.2 Å². The molecule has 30 heavy (non-hydrogen) atoms. The number of alkyl halides is 2. The fraction of sp³-hybridized carbons (Fsp3) is 0.364. The second kappa shape index (κ2) is 9.60. The van der Waals surface area contributed by atoms with Crippen LogP contribution in [0.1, 0.15) is 29.9 Å². The predicted molar refractivity (Wildman–Crippen MR) is 105 cm³/mol. The van der Waals surface area contributed by atoms with Crippen molar-refractivity contribution in [2.24, 2.45) is 5.92 Å². The molecule has 0 bridgehead atoms. The number of halogens is 5. The van der Waals surface area contributed by atoms with Crippen molar-refractivity contribution in [3.8, 4) is 0 Å². The Labute approximate surface area is 176 Å². The van der Waals surface area contributed by atoms with Gasteiger partial charge in [0, 0.05) is 42.8 Å². The molecule has 2 aromatic rings. The number of piperidine rings is 1. The van der Waals surface area contributed by atoms with Crippen molar-refractivity contribution in [1.82, 2.24) is 4.90 Å². The number of amides is 1. The van der Waals surface area contributed by atoms with Gasteiger partial charge in [0.25, 0.3) is 6.43 Å². The summed E-state index contributed by atoms with van der Waals surface area (Å²) in [6.07, 6.45) is -2.83. The minimum atomic E-state index is -2.71. The van der Waals surface area contributed by atoms with Gasteiger partial charge >= 0.3 is 0 Å². The van der Waals surface area contributed by atoms with Gasteiger partial charge in [-0.2, -0.15) is 0 Å². The smallest absolute Gasteiger partial charge is 0.255 e. The highest BCUT2D eigenvalue weighted by Gasteiger charge is 2.38. The van der Waals surface area contributed by atoms with Gasteiger partial charge in [-0.05, 0) is 35.2 Å². The second-order valence-electron chi connectivity index (χ2n) is 7.47. The number of hydrogen-bond donors (Lipinski definition) is 0. The molecule has 0 N–H and O–H groups in total. The highest BCUT2D eigenvalue weighted by atomic mass is 35.5. The number of rotatable bonds is 7. The molecule has 2 atom stereocenters. The topological polar surface area (TPSA) is 37.4 Å². The van der Waals surface area contributed by atoms with Crippen molar-refractivity contribution in [1.29, 1.82) is 0 Å². The Kier molecular flexibility index (Phi) is 7.13. The fourth-order valence-corrected chi connectivity index (χ4v) is 4.03. The molecule has 2 aromatic carbocycles. The van der Waals surface area contributed by atoms with Crippen LogP contribution in [0.15, 0.2) is 42.5 Å². The van der Waals surface area contributed by atoms with Crippen LogP contribution in [-0.2, 0) is 16.0 Å². The molecule has 1 aliphatic rings. The first-order valence-electron chi connectivity index (χ1n) is 9.50. The highest BCUT2D eigenvalue weighted by Crippen LogP contribution is 2.37. The van der Waals surface area contributed by atoms with E-state index in [1.54, 1.807) is 24.3 Å². The van der Waals surface area contributed by atoms with Gasteiger partial charge in [-0.15, -0.1) is 0 Å². The number of ketones is 1. The van der Waals surface area contributed by atoms with Gasteiger partial charge in [0.05, 0.1) is 6.54 Å². The molecule has 0 spiro atoms. The fourth-order valence-electron chi connectivity index (χ4n) is 3.91. The zero-order chi connectivity index (χ0) is 21.8. The van der Waals surface area contributed by atoms with E-state index in [1.165, 1.54) is 6.07 Å². The van der Waals surface area contributed by atoms with Crippen molar-refractivity contribution < 1.29 is 27.2 Å². The minimum Gasteiger partial charge on any atom is -0.337 e. The Hall–Kier alpha value is -2.41. The van der Waals surface area contributed by atoms with Crippen molar-refractivity contribution >= 4 is 23.3 Å². The van der Waals surface area contributed by atoms with Crippen LogP contribution < -0.4 is 0 Å². The third-order valence-electron chi connectivity index (χ3n) is 5.30. The molecule has 2 unspecified atom stereocenters. The molecule has 3 nitrogen and oxygen atoms in total. The lowest BCUT2D eigenvalue weighted by Crippen LogP contribution is -2.46. The zero-order valence-corrected chi connectivity index (χ0v) is 16.7. The summed E-state index contributed by atoms with van der Waals surface area (Å²) in [5.41, 5.74) is 0.857. The van der Waals surface area contributed by atoms with Crippen LogP contribution in [0.4, 0.5) is 17.6 Å². The van der Waals surface area contributed by atoms with Gasteiger partial charge in [0.1, 0.15) is 17.4 Å². The Morgan fingerprint density at radius 2 is 1.83 bits per heavy atom. The van der Waals surface area contributed by atoms with E-state index < -0.39 is 42.3 Å². The average Bonchev–Trinajstić information content (AvgIpc) is 2.66. The van der Waals surface area contributed by atoms with Gasteiger partial charge in [-0.1, -0.05) is 29.8 Å². The quantitative estimate of drug-likeness (QED) is 0.566. The first kappa shape index (κ1) is 22.3. The third kappa shape index (κ3) is 5.59. The molecule has 1 heterocycles. The third-order valence-corrected chi connectivity index (χ3v) is 5.55. The highest BCUT2D eigenvalue weighted by molar-refractivity contribution is 6.30. The number of likely N-dealkylation sites (tertiary alicyclic amines) is 1. The van der Waals surface area contributed by atoms with Crippen molar-refractivity contribution in [2.75, 3.05) is 13.1 Å². The maximum atomic E-state index is 14.4. The molecular weight excluding hydrogens is 422 g/mol. The number of hydrogen-bond acceptors (Lipinski definition) is 2. The lowest BCUT2D eigenvalue weighted by atomic mass is 9.77. The number of carbonyl (C=O) groups excluding carboxylic acids is 2. The number of benzene rings is 2. The molecule has 0 radical (unpaired) electrons. The molecule has 1 saturated heterocycles. The Morgan fingerprint density at radius 1 is 1.13 bits per heavy atom. The number of nitrogens with zero attached hydrogens (tertiary/aromatic N) is 1. The minimum absolute atomic E-state index is 0.0167. The monoisotopic (exact) mass is 441 g/mol. The summed E-state index contributed by atoms with van der Waals surface area (Å²) in [5, 5.41) is 0.534. The molecular formula is C22H20ClF4NO2. The first-order chi connectivity index (χ1) is 14.2. The Bertz CT molecular complexity index is 920. The first-order valence-corrected chi connectivity index (χ1v) is 9.87. The largest absolute Gasteiger partial charge is 0.337 e. The predicted octanol–water partition coefficient (Wildman–Crippen LogP) is 5.02. The number of Topliss-reactive ketones (excluding diaryl/α,β-unsaturated/α-hetero) is 1. The summed E-state index contributed by atoms with van der Waals surface area (Å²) in [6, 6.07) is 9.80. The van der Waals surface area contributed by atoms with Crippen LogP contribution in [0.25, 0.3) is 0 Å². The summed E-state index contributed by atoms with van der Waals surface area (Å²) in [6.45, 7) is -0.823. The Morgan fingerprint density at radius 3 is 2.47 bits per heavy atom. The Balaban J connectivity index is 1.81. The summed E-state index contributed by atoms with van der Waals surface area (Å²) >= 11 is 5.84. The van der Waals surface area contributed by atoms with Crippen LogP contribution in [-0.4, -0.2) is 36.1 Å². The second-order valence-corrected chi connectivity index (χ2v) is 7.91. The molecule has 8 heteroatoms. The summed E-state index contributed by atoms with van der Waals surface area (Å²) < 4.78 is 53.4. The normalized spacial score (nSPS) is 19.4. The molecule has 0 aliphatic carbocycles. The molecule has 0 saturated carbocycles. The van der Waals surface area contributed by atoms with Crippen molar-refractivity contribution in [3.63, 3.8) is 0 Å². The van der Waals surface area contributed by atoms with E-state index in [0.29, 0.717) is 5.02 Å². The van der Waals surface area contributed by atoms with E-state index in [2.05, 4.69) is 0 Å². The van der Waals surface area contributed by atoms with Gasteiger partial charge in [-0.25, -0.2) is 17.6 Å². The van der Waals surface area contributed by atoms with Crippen LogP contribution in [0.5, 0.6) is 0 Å². The SMILES string of the molecule is O=C(Cc1ccc(Cl)cc1)CC1CN(CC(F)F)C(=O)CC1c1ccc(F)cc1F. The van der Waals surface area contributed by atoms with Crippen LogP contribution in [0.3, 0.4) is 0 Å². The van der Waals surface area contributed by atoms with E-state index >= 15 is 0 Å². The van der Waals surface area contributed by atoms with E-state index in [9.17, 15) is 27.2 Å². The van der Waals surface area contributed by atoms with Gasteiger partial charge in [0.2, 0.25) is 5.91 Å². The van der Waals surface area contributed by atoms with Crippen LogP contribution >= 0.6 is 11.6 Å².